The van der Waals surface area contributed by atoms with Crippen LogP contribution in [-0.2, 0) is 13.0 Å². The lowest BCUT2D eigenvalue weighted by Crippen LogP contribution is -2.23. The number of halogens is 1. The second-order valence-corrected chi connectivity index (χ2v) is 7.39. The van der Waals surface area contributed by atoms with Gasteiger partial charge < -0.3 is 10.2 Å². The van der Waals surface area contributed by atoms with Crippen LogP contribution >= 0.6 is 11.3 Å². The molecule has 0 unspecified atom stereocenters. The predicted octanol–water partition coefficient (Wildman–Crippen LogP) is 4.90. The summed E-state index contributed by atoms with van der Waals surface area (Å²) in [5.74, 6) is -0.374. The molecule has 0 bridgehead atoms. The van der Waals surface area contributed by atoms with E-state index in [2.05, 4.69) is 34.5 Å². The van der Waals surface area contributed by atoms with E-state index in [4.69, 9.17) is 0 Å². The molecule has 0 fully saturated rings. The molecule has 1 aliphatic heterocycles. The van der Waals surface area contributed by atoms with Crippen molar-refractivity contribution < 1.29 is 9.18 Å². The number of carbonyl (C=O) groups excluding carboxylic acids is 1. The number of carbonyl (C=O) groups is 1. The number of thiophene rings is 1. The number of para-hydroxylation sites is 1. The van der Waals surface area contributed by atoms with Gasteiger partial charge in [-0.05, 0) is 54.3 Å². The van der Waals surface area contributed by atoms with Gasteiger partial charge in [0, 0.05) is 18.8 Å². The molecule has 26 heavy (non-hydrogen) atoms. The molecule has 0 spiro atoms. The van der Waals surface area contributed by atoms with Crippen LogP contribution in [0.5, 0.6) is 0 Å². The third kappa shape index (κ3) is 3.48. The number of nitrogens with one attached hydrogen (secondary N) is 1. The van der Waals surface area contributed by atoms with Crippen LogP contribution in [0.2, 0.25) is 0 Å². The molecule has 3 nitrogen and oxygen atoms in total. The molecule has 5 heteroatoms. The molecule has 4 rings (SSSR count). The van der Waals surface area contributed by atoms with Crippen molar-refractivity contribution in [2.24, 2.45) is 0 Å². The van der Waals surface area contributed by atoms with Crippen molar-refractivity contribution in [2.75, 3.05) is 11.4 Å². The largest absolute Gasteiger partial charge is 0.347 e. The fourth-order valence-corrected chi connectivity index (χ4v) is 4.19. The van der Waals surface area contributed by atoms with Gasteiger partial charge in [0.15, 0.2) is 0 Å². The molecule has 0 saturated carbocycles. The third-order valence-corrected chi connectivity index (χ3v) is 5.67. The molecule has 0 saturated heterocycles. The number of benzene rings is 2. The van der Waals surface area contributed by atoms with Gasteiger partial charge in [-0.2, -0.15) is 0 Å². The van der Waals surface area contributed by atoms with Gasteiger partial charge in [-0.25, -0.2) is 4.39 Å². The van der Waals surface area contributed by atoms with Crippen molar-refractivity contribution in [1.29, 1.82) is 0 Å². The van der Waals surface area contributed by atoms with Crippen molar-refractivity contribution in [3.63, 3.8) is 0 Å². The zero-order valence-corrected chi connectivity index (χ0v) is 15.1. The molecule has 132 valence electrons. The van der Waals surface area contributed by atoms with E-state index in [1.54, 1.807) is 12.1 Å². The van der Waals surface area contributed by atoms with E-state index in [1.165, 1.54) is 34.7 Å². The molecule has 1 aliphatic rings. The Kier molecular flexibility index (Phi) is 4.71. The van der Waals surface area contributed by atoms with E-state index >= 15 is 0 Å². The van der Waals surface area contributed by atoms with Gasteiger partial charge in [-0.15, -0.1) is 11.3 Å². The van der Waals surface area contributed by atoms with Crippen molar-refractivity contribution >= 4 is 27.9 Å². The lowest BCUT2D eigenvalue weighted by molar-refractivity contribution is 0.0955. The maximum Gasteiger partial charge on any atom is 0.261 e. The predicted molar refractivity (Wildman–Crippen MR) is 104 cm³/mol. The van der Waals surface area contributed by atoms with Crippen molar-refractivity contribution in [2.45, 2.75) is 19.4 Å². The maximum atomic E-state index is 12.9. The number of hydrogen-bond donors (Lipinski definition) is 1. The topological polar surface area (TPSA) is 32.3 Å². The first-order chi connectivity index (χ1) is 12.7. The molecular weight excluding hydrogens is 347 g/mol. The summed E-state index contributed by atoms with van der Waals surface area (Å²) in [4.78, 5) is 15.4. The Bertz CT molecular complexity index is 920. The lowest BCUT2D eigenvalue weighted by Gasteiger charge is -2.30. The number of rotatable bonds is 4. The summed E-state index contributed by atoms with van der Waals surface area (Å²) in [6.07, 6.45) is 2.21. The Morgan fingerprint density at radius 3 is 2.73 bits per heavy atom. The minimum atomic E-state index is -0.273. The number of hydrogen-bond acceptors (Lipinski definition) is 3. The second kappa shape index (κ2) is 7.30. The molecule has 1 N–H and O–H groups in total. The van der Waals surface area contributed by atoms with Crippen LogP contribution in [0.25, 0.3) is 0 Å². The average Bonchev–Trinajstić information content (AvgIpc) is 3.17. The molecule has 2 aromatic carbocycles. The number of fused-ring (bicyclic) bond motifs is 1. The molecule has 0 atom stereocenters. The highest BCUT2D eigenvalue weighted by molar-refractivity contribution is 7.18. The smallest absolute Gasteiger partial charge is 0.261 e. The van der Waals surface area contributed by atoms with Gasteiger partial charge in [0.2, 0.25) is 0 Å². The Labute approximate surface area is 156 Å². The summed E-state index contributed by atoms with van der Waals surface area (Å²) in [6.45, 7) is 1.35. The average molecular weight is 366 g/mol. The van der Waals surface area contributed by atoms with Gasteiger partial charge in [-0.1, -0.05) is 30.3 Å². The molecule has 3 aromatic rings. The normalized spacial score (nSPS) is 13.3. The van der Waals surface area contributed by atoms with Gasteiger partial charge in [0.05, 0.1) is 9.88 Å². The summed E-state index contributed by atoms with van der Waals surface area (Å²) >= 11 is 1.50. The number of anilines is 2. The standard InChI is InChI=1S/C21H19FN2OS/c22-17-9-7-15(8-10-17)14-23-21(25)19-11-12-20(26-19)24-13-3-5-16-4-1-2-6-18(16)24/h1-2,4,6-12H,3,5,13-14H2,(H,23,25). The van der Waals surface area contributed by atoms with Crippen LogP contribution in [0.3, 0.4) is 0 Å². The third-order valence-electron chi connectivity index (χ3n) is 4.56. The molecule has 1 amide bonds. The van der Waals surface area contributed by atoms with E-state index in [9.17, 15) is 9.18 Å². The minimum absolute atomic E-state index is 0.101. The van der Waals surface area contributed by atoms with Crippen LogP contribution in [0.15, 0.2) is 60.7 Å². The van der Waals surface area contributed by atoms with E-state index in [-0.39, 0.29) is 11.7 Å². The van der Waals surface area contributed by atoms with Crippen molar-refractivity contribution in [1.82, 2.24) is 5.32 Å². The van der Waals surface area contributed by atoms with Gasteiger partial charge >= 0.3 is 0 Å². The number of amides is 1. The second-order valence-electron chi connectivity index (χ2n) is 6.33. The first kappa shape index (κ1) is 16.8. The Morgan fingerprint density at radius 2 is 1.88 bits per heavy atom. The molecule has 0 radical (unpaired) electrons. The first-order valence-electron chi connectivity index (χ1n) is 8.68. The molecule has 0 aliphatic carbocycles. The number of aryl methyl sites for hydroxylation is 1. The van der Waals surface area contributed by atoms with Crippen LogP contribution in [0.4, 0.5) is 15.1 Å². The SMILES string of the molecule is O=C(NCc1ccc(F)cc1)c1ccc(N2CCCc3ccccc32)s1. The fourth-order valence-electron chi connectivity index (χ4n) is 3.23. The van der Waals surface area contributed by atoms with E-state index < -0.39 is 0 Å². The summed E-state index contributed by atoms with van der Waals surface area (Å²) in [5.41, 5.74) is 3.47. The van der Waals surface area contributed by atoms with Crippen LogP contribution < -0.4 is 10.2 Å². The Balaban J connectivity index is 1.46. The lowest BCUT2D eigenvalue weighted by atomic mass is 10.0. The molecular formula is C21H19FN2OS. The van der Waals surface area contributed by atoms with Crippen LogP contribution in [0.1, 0.15) is 27.2 Å². The van der Waals surface area contributed by atoms with Gasteiger partial charge in [-0.3, -0.25) is 4.79 Å². The Morgan fingerprint density at radius 1 is 1.08 bits per heavy atom. The highest BCUT2D eigenvalue weighted by atomic mass is 32.1. The zero-order valence-electron chi connectivity index (χ0n) is 14.2. The first-order valence-corrected chi connectivity index (χ1v) is 9.50. The fraction of sp³-hybridized carbons (Fsp3) is 0.190. The molecule has 1 aromatic heterocycles. The highest BCUT2D eigenvalue weighted by Gasteiger charge is 2.20. The van der Waals surface area contributed by atoms with E-state index in [0.29, 0.717) is 11.4 Å². The van der Waals surface area contributed by atoms with Crippen LogP contribution in [-0.4, -0.2) is 12.5 Å². The van der Waals surface area contributed by atoms with Gasteiger partial charge in [0.1, 0.15) is 5.82 Å². The van der Waals surface area contributed by atoms with Crippen molar-refractivity contribution in [3.8, 4) is 0 Å². The van der Waals surface area contributed by atoms with Gasteiger partial charge in [0.25, 0.3) is 5.91 Å². The van der Waals surface area contributed by atoms with Crippen molar-refractivity contribution in [3.05, 3.63) is 82.5 Å². The quantitative estimate of drug-likeness (QED) is 0.712. The van der Waals surface area contributed by atoms with E-state index in [1.807, 2.05) is 12.1 Å². The summed E-state index contributed by atoms with van der Waals surface area (Å²) < 4.78 is 12.9. The summed E-state index contributed by atoms with van der Waals surface area (Å²) in [7, 11) is 0. The molecule has 2 heterocycles. The Hall–Kier alpha value is -2.66. The van der Waals surface area contributed by atoms with Crippen LogP contribution in [0, 0.1) is 5.82 Å². The zero-order chi connectivity index (χ0) is 17.9. The summed E-state index contributed by atoms with van der Waals surface area (Å²) in [6, 6.07) is 18.5. The monoisotopic (exact) mass is 366 g/mol. The highest BCUT2D eigenvalue weighted by Crippen LogP contribution is 2.37. The minimum Gasteiger partial charge on any atom is -0.347 e. The van der Waals surface area contributed by atoms with E-state index in [0.717, 1.165) is 30.0 Å². The summed E-state index contributed by atoms with van der Waals surface area (Å²) in [5, 5.41) is 3.99. The maximum absolute atomic E-state index is 12.9. The number of nitrogens with zero attached hydrogens (tertiary/aromatic N) is 1.